The molecule has 0 radical (unpaired) electrons. The van der Waals surface area contributed by atoms with Crippen LogP contribution < -0.4 is 0 Å². The zero-order valence-corrected chi connectivity index (χ0v) is 5.63. The van der Waals surface area contributed by atoms with E-state index < -0.39 is 0 Å². The Morgan fingerprint density at radius 3 is 2.82 bits per heavy atom. The van der Waals surface area contributed by atoms with Crippen molar-refractivity contribution in [3.05, 3.63) is 23.5 Å². The third kappa shape index (κ3) is 1.80. The van der Waals surface area contributed by atoms with E-state index in [9.17, 15) is 9.59 Å². The van der Waals surface area contributed by atoms with Gasteiger partial charge in [0, 0.05) is 11.8 Å². The standard InChI is InChI=1S/C8H5NO2/c10-3-1-2-7-4-8(6-11)9-5-7/h3-6,9H. The molecule has 0 aliphatic heterocycles. The maximum Gasteiger partial charge on any atom is 0.193 e. The molecule has 0 spiro atoms. The Hall–Kier alpha value is -1.82. The van der Waals surface area contributed by atoms with Gasteiger partial charge in [0.15, 0.2) is 12.6 Å². The molecule has 0 fully saturated rings. The van der Waals surface area contributed by atoms with Gasteiger partial charge in [0.2, 0.25) is 0 Å². The Morgan fingerprint density at radius 2 is 2.27 bits per heavy atom. The number of aldehydes is 2. The van der Waals surface area contributed by atoms with E-state index in [2.05, 4.69) is 16.8 Å². The molecule has 0 aromatic carbocycles. The molecule has 0 saturated carbocycles. The summed E-state index contributed by atoms with van der Waals surface area (Å²) in [5, 5.41) is 0. The Balaban J connectivity index is 2.88. The second-order valence-electron chi connectivity index (χ2n) is 1.85. The summed E-state index contributed by atoms with van der Waals surface area (Å²) < 4.78 is 0. The van der Waals surface area contributed by atoms with Crippen LogP contribution in [-0.2, 0) is 4.79 Å². The van der Waals surface area contributed by atoms with Gasteiger partial charge in [-0.1, -0.05) is 5.92 Å². The van der Waals surface area contributed by atoms with Crippen molar-refractivity contribution in [3.63, 3.8) is 0 Å². The van der Waals surface area contributed by atoms with Crippen LogP contribution in [0.25, 0.3) is 0 Å². The molecule has 3 nitrogen and oxygen atoms in total. The van der Waals surface area contributed by atoms with Crippen molar-refractivity contribution >= 4 is 12.6 Å². The van der Waals surface area contributed by atoms with Crippen molar-refractivity contribution in [3.8, 4) is 11.8 Å². The van der Waals surface area contributed by atoms with E-state index in [1.54, 1.807) is 12.3 Å². The number of hydrogen-bond acceptors (Lipinski definition) is 2. The quantitative estimate of drug-likeness (QED) is 0.461. The molecule has 54 valence electrons. The minimum Gasteiger partial charge on any atom is -0.358 e. The van der Waals surface area contributed by atoms with E-state index in [4.69, 9.17) is 0 Å². The van der Waals surface area contributed by atoms with Crippen molar-refractivity contribution in [1.29, 1.82) is 0 Å². The van der Waals surface area contributed by atoms with Crippen LogP contribution in [-0.4, -0.2) is 17.6 Å². The SMILES string of the molecule is O=CC#Cc1c[nH]c(C=O)c1. The zero-order chi connectivity index (χ0) is 8.10. The maximum atomic E-state index is 10.1. The van der Waals surface area contributed by atoms with Crippen molar-refractivity contribution < 1.29 is 9.59 Å². The van der Waals surface area contributed by atoms with Crippen LogP contribution in [0, 0.1) is 11.8 Å². The molecule has 0 amide bonds. The Labute approximate surface area is 63.4 Å². The molecular formula is C8H5NO2. The van der Waals surface area contributed by atoms with Crippen LogP contribution in [0.2, 0.25) is 0 Å². The summed E-state index contributed by atoms with van der Waals surface area (Å²) in [7, 11) is 0. The molecule has 1 aromatic heterocycles. The predicted octanol–water partition coefficient (Wildman–Crippen LogP) is 0.378. The largest absolute Gasteiger partial charge is 0.358 e. The number of hydrogen-bond donors (Lipinski definition) is 1. The second-order valence-corrected chi connectivity index (χ2v) is 1.85. The number of aromatic amines is 1. The summed E-state index contributed by atoms with van der Waals surface area (Å²) in [6, 6.07) is 1.57. The van der Waals surface area contributed by atoms with Crippen molar-refractivity contribution in [1.82, 2.24) is 4.98 Å². The second kappa shape index (κ2) is 3.37. The summed E-state index contributed by atoms with van der Waals surface area (Å²) in [6.45, 7) is 0. The number of carbonyl (C=O) groups excluding carboxylic acids is 2. The monoisotopic (exact) mass is 147 g/mol. The molecule has 1 aromatic rings. The van der Waals surface area contributed by atoms with E-state index in [-0.39, 0.29) is 0 Å². The molecule has 0 atom stereocenters. The van der Waals surface area contributed by atoms with Crippen LogP contribution in [0.1, 0.15) is 16.1 Å². The molecule has 1 heterocycles. The highest BCUT2D eigenvalue weighted by Crippen LogP contribution is 1.97. The first-order valence-corrected chi connectivity index (χ1v) is 2.95. The Kier molecular flexibility index (Phi) is 2.24. The van der Waals surface area contributed by atoms with Gasteiger partial charge in [0.1, 0.15) is 0 Å². The van der Waals surface area contributed by atoms with Crippen molar-refractivity contribution in [2.45, 2.75) is 0 Å². The van der Waals surface area contributed by atoms with Gasteiger partial charge >= 0.3 is 0 Å². The van der Waals surface area contributed by atoms with Gasteiger partial charge in [-0.15, -0.1) is 0 Å². The predicted molar refractivity (Wildman–Crippen MR) is 39.1 cm³/mol. The average molecular weight is 147 g/mol. The van der Waals surface area contributed by atoms with Gasteiger partial charge in [-0.3, -0.25) is 9.59 Å². The Morgan fingerprint density at radius 1 is 1.45 bits per heavy atom. The highest BCUT2D eigenvalue weighted by atomic mass is 16.1. The lowest BCUT2D eigenvalue weighted by atomic mass is 10.3. The van der Waals surface area contributed by atoms with Crippen LogP contribution in [0.3, 0.4) is 0 Å². The fourth-order valence-corrected chi connectivity index (χ4v) is 0.665. The molecular weight excluding hydrogens is 142 g/mol. The van der Waals surface area contributed by atoms with Crippen molar-refractivity contribution in [2.24, 2.45) is 0 Å². The molecule has 0 aliphatic carbocycles. The highest BCUT2D eigenvalue weighted by molar-refractivity contribution is 5.76. The summed E-state index contributed by atoms with van der Waals surface area (Å²) in [6.07, 6.45) is 2.76. The summed E-state index contributed by atoms with van der Waals surface area (Å²) in [5.74, 6) is 4.78. The fraction of sp³-hybridized carbons (Fsp3) is 0. The normalized spacial score (nSPS) is 8.00. The smallest absolute Gasteiger partial charge is 0.193 e. The topological polar surface area (TPSA) is 49.9 Å². The molecule has 0 aliphatic rings. The van der Waals surface area contributed by atoms with Gasteiger partial charge < -0.3 is 4.98 Å². The van der Waals surface area contributed by atoms with E-state index in [1.807, 2.05) is 0 Å². The third-order valence-electron chi connectivity index (χ3n) is 1.11. The lowest BCUT2D eigenvalue weighted by Crippen LogP contribution is -1.72. The minimum absolute atomic E-state index is 0.459. The van der Waals surface area contributed by atoms with Gasteiger partial charge in [-0.25, -0.2) is 0 Å². The van der Waals surface area contributed by atoms with Gasteiger partial charge in [-0.05, 0) is 12.0 Å². The number of aromatic nitrogens is 1. The maximum absolute atomic E-state index is 10.1. The first kappa shape index (κ1) is 7.29. The van der Waals surface area contributed by atoms with Crippen molar-refractivity contribution in [2.75, 3.05) is 0 Å². The van der Waals surface area contributed by atoms with E-state index >= 15 is 0 Å². The third-order valence-corrected chi connectivity index (χ3v) is 1.11. The van der Waals surface area contributed by atoms with E-state index in [0.29, 0.717) is 23.8 Å². The molecule has 1 N–H and O–H groups in total. The van der Waals surface area contributed by atoms with Gasteiger partial charge in [0.05, 0.1) is 5.69 Å². The number of rotatable bonds is 1. The summed E-state index contributed by atoms with van der Waals surface area (Å²) in [4.78, 5) is 22.6. The average Bonchev–Trinajstić information content (AvgIpc) is 2.48. The molecule has 0 unspecified atom stereocenters. The summed E-state index contributed by atoms with van der Waals surface area (Å²) >= 11 is 0. The molecule has 0 bridgehead atoms. The van der Waals surface area contributed by atoms with Crippen LogP contribution in [0.4, 0.5) is 0 Å². The minimum atomic E-state index is 0.459. The Bertz CT molecular complexity index is 327. The lowest BCUT2D eigenvalue weighted by molar-refractivity contribution is -0.103. The van der Waals surface area contributed by atoms with Crippen LogP contribution in [0.5, 0.6) is 0 Å². The number of carbonyl (C=O) groups is 2. The molecule has 3 heteroatoms. The first-order valence-electron chi connectivity index (χ1n) is 2.95. The van der Waals surface area contributed by atoms with E-state index in [0.717, 1.165) is 0 Å². The van der Waals surface area contributed by atoms with E-state index in [1.165, 1.54) is 0 Å². The lowest BCUT2D eigenvalue weighted by Gasteiger charge is -1.71. The molecule has 0 saturated heterocycles. The first-order chi connectivity index (χ1) is 5.36. The van der Waals surface area contributed by atoms with Gasteiger partial charge in [-0.2, -0.15) is 0 Å². The van der Waals surface area contributed by atoms with Crippen LogP contribution in [0.15, 0.2) is 12.3 Å². The number of H-pyrrole nitrogens is 1. The fourth-order valence-electron chi connectivity index (χ4n) is 0.665. The zero-order valence-electron chi connectivity index (χ0n) is 5.63. The van der Waals surface area contributed by atoms with Crippen LogP contribution >= 0.6 is 0 Å². The molecule has 1 rings (SSSR count). The molecule has 11 heavy (non-hydrogen) atoms. The summed E-state index contributed by atoms with van der Waals surface area (Å²) in [5.41, 5.74) is 1.10. The van der Waals surface area contributed by atoms with Gasteiger partial charge in [0.25, 0.3) is 0 Å². The highest BCUT2D eigenvalue weighted by Gasteiger charge is 1.91. The number of nitrogens with one attached hydrogen (secondary N) is 1.